The number of carbonyl (C=O) groups is 1. The second kappa shape index (κ2) is 5.76. The standard InChI is InChI=1S/C16H31N3O2/c1-15(2,3)18-9-7-17(8-10-18)14(20)21-13-11-19(12-13)16(4,5)6/h13H,7-12H2,1-6H3. The third-order valence-corrected chi connectivity index (χ3v) is 4.55. The van der Waals surface area contributed by atoms with Crippen molar-refractivity contribution in [1.29, 1.82) is 0 Å². The lowest BCUT2D eigenvalue weighted by molar-refractivity contribution is -0.0676. The van der Waals surface area contributed by atoms with Crippen molar-refractivity contribution >= 4 is 6.09 Å². The van der Waals surface area contributed by atoms with Crippen molar-refractivity contribution in [3.05, 3.63) is 0 Å². The number of piperazine rings is 1. The van der Waals surface area contributed by atoms with E-state index in [0.717, 1.165) is 39.3 Å². The van der Waals surface area contributed by atoms with Crippen LogP contribution in [0.3, 0.4) is 0 Å². The summed E-state index contributed by atoms with van der Waals surface area (Å²) < 4.78 is 5.60. The number of ether oxygens (including phenoxy) is 1. The van der Waals surface area contributed by atoms with Crippen molar-refractivity contribution in [2.24, 2.45) is 0 Å². The van der Waals surface area contributed by atoms with Crippen LogP contribution in [0.1, 0.15) is 41.5 Å². The molecule has 2 aliphatic heterocycles. The number of nitrogens with zero attached hydrogens (tertiary/aromatic N) is 3. The molecular formula is C16H31N3O2. The Morgan fingerprint density at radius 1 is 0.857 bits per heavy atom. The monoisotopic (exact) mass is 297 g/mol. The fourth-order valence-corrected chi connectivity index (χ4v) is 2.84. The van der Waals surface area contributed by atoms with Gasteiger partial charge >= 0.3 is 6.09 Å². The Morgan fingerprint density at radius 3 is 1.76 bits per heavy atom. The lowest BCUT2D eigenvalue weighted by atomic mass is 9.99. The molecule has 0 aromatic carbocycles. The maximum atomic E-state index is 12.2. The number of hydrogen-bond donors (Lipinski definition) is 0. The molecular weight excluding hydrogens is 266 g/mol. The molecule has 0 spiro atoms. The Morgan fingerprint density at radius 2 is 1.33 bits per heavy atom. The largest absolute Gasteiger partial charge is 0.443 e. The molecule has 0 bridgehead atoms. The van der Waals surface area contributed by atoms with Gasteiger partial charge in [0.15, 0.2) is 0 Å². The summed E-state index contributed by atoms with van der Waals surface area (Å²) in [6, 6.07) is 0. The minimum absolute atomic E-state index is 0.0670. The van der Waals surface area contributed by atoms with E-state index in [1.54, 1.807) is 0 Å². The Bertz CT molecular complexity index is 370. The Balaban J connectivity index is 1.72. The highest BCUT2D eigenvalue weighted by Crippen LogP contribution is 2.23. The molecule has 2 saturated heterocycles. The first-order chi connectivity index (χ1) is 9.57. The first kappa shape index (κ1) is 16.6. The summed E-state index contributed by atoms with van der Waals surface area (Å²) in [6.07, 6.45) is -0.0699. The van der Waals surface area contributed by atoms with E-state index >= 15 is 0 Å². The van der Waals surface area contributed by atoms with Gasteiger partial charge in [-0.2, -0.15) is 0 Å². The van der Waals surface area contributed by atoms with Crippen LogP contribution in [-0.4, -0.2) is 77.2 Å². The number of rotatable bonds is 1. The third kappa shape index (κ3) is 4.10. The summed E-state index contributed by atoms with van der Waals surface area (Å²) >= 11 is 0. The van der Waals surface area contributed by atoms with Crippen LogP contribution in [0.2, 0.25) is 0 Å². The molecule has 2 heterocycles. The minimum atomic E-state index is -0.137. The highest BCUT2D eigenvalue weighted by molar-refractivity contribution is 5.68. The van der Waals surface area contributed by atoms with Crippen molar-refractivity contribution in [1.82, 2.24) is 14.7 Å². The Labute approximate surface area is 129 Å². The number of carbonyl (C=O) groups excluding carboxylic acids is 1. The maximum absolute atomic E-state index is 12.2. The van der Waals surface area contributed by atoms with Crippen LogP contribution >= 0.6 is 0 Å². The second-order valence-corrected chi connectivity index (χ2v) is 8.23. The van der Waals surface area contributed by atoms with E-state index in [1.165, 1.54) is 0 Å². The molecule has 5 nitrogen and oxygen atoms in total. The zero-order chi connectivity index (χ0) is 15.8. The van der Waals surface area contributed by atoms with Gasteiger partial charge < -0.3 is 9.64 Å². The summed E-state index contributed by atoms with van der Waals surface area (Å²) in [6.45, 7) is 18.3. The summed E-state index contributed by atoms with van der Waals surface area (Å²) in [5, 5.41) is 0. The first-order valence-corrected chi connectivity index (χ1v) is 8.03. The van der Waals surface area contributed by atoms with Crippen LogP contribution in [0.4, 0.5) is 4.79 Å². The minimum Gasteiger partial charge on any atom is -0.443 e. The highest BCUT2D eigenvalue weighted by atomic mass is 16.6. The van der Waals surface area contributed by atoms with Crippen LogP contribution in [-0.2, 0) is 4.74 Å². The van der Waals surface area contributed by atoms with E-state index in [9.17, 15) is 4.79 Å². The van der Waals surface area contributed by atoms with Gasteiger partial charge in [-0.25, -0.2) is 4.79 Å². The summed E-state index contributed by atoms with van der Waals surface area (Å²) in [5.41, 5.74) is 0.346. The molecule has 21 heavy (non-hydrogen) atoms. The summed E-state index contributed by atoms with van der Waals surface area (Å²) in [5.74, 6) is 0. The molecule has 0 aromatic rings. The van der Waals surface area contributed by atoms with Crippen LogP contribution < -0.4 is 0 Å². The van der Waals surface area contributed by atoms with Crippen LogP contribution in [0.5, 0.6) is 0 Å². The van der Waals surface area contributed by atoms with E-state index in [4.69, 9.17) is 4.74 Å². The van der Waals surface area contributed by atoms with Gasteiger partial charge in [0, 0.05) is 50.3 Å². The van der Waals surface area contributed by atoms with Crippen LogP contribution in [0.25, 0.3) is 0 Å². The van der Waals surface area contributed by atoms with Crippen LogP contribution in [0, 0.1) is 0 Å². The van der Waals surface area contributed by atoms with Gasteiger partial charge in [0.05, 0.1) is 0 Å². The first-order valence-electron chi connectivity index (χ1n) is 8.03. The topological polar surface area (TPSA) is 36.0 Å². The van der Waals surface area contributed by atoms with Gasteiger partial charge in [0.1, 0.15) is 6.10 Å². The summed E-state index contributed by atoms with van der Waals surface area (Å²) in [7, 11) is 0. The predicted octanol–water partition coefficient (Wildman–Crippen LogP) is 2.02. The van der Waals surface area contributed by atoms with Gasteiger partial charge in [-0.05, 0) is 41.5 Å². The van der Waals surface area contributed by atoms with E-state index < -0.39 is 0 Å². The molecule has 2 rings (SSSR count). The zero-order valence-electron chi connectivity index (χ0n) is 14.5. The van der Waals surface area contributed by atoms with Gasteiger partial charge in [-0.15, -0.1) is 0 Å². The average Bonchev–Trinajstić information content (AvgIpc) is 2.30. The maximum Gasteiger partial charge on any atom is 0.410 e. The van der Waals surface area contributed by atoms with Crippen molar-refractivity contribution in [2.75, 3.05) is 39.3 Å². The molecule has 2 fully saturated rings. The predicted molar refractivity (Wildman–Crippen MR) is 84.5 cm³/mol. The van der Waals surface area contributed by atoms with Gasteiger partial charge in [0.2, 0.25) is 0 Å². The molecule has 1 amide bonds. The van der Waals surface area contributed by atoms with Crippen molar-refractivity contribution < 1.29 is 9.53 Å². The fraction of sp³-hybridized carbons (Fsp3) is 0.938. The molecule has 122 valence electrons. The fourth-order valence-electron chi connectivity index (χ4n) is 2.84. The lowest BCUT2D eigenvalue weighted by Crippen LogP contribution is -2.61. The SMILES string of the molecule is CC(C)(C)N1CCN(C(=O)OC2CN(C(C)(C)C)C2)CC1. The molecule has 5 heteroatoms. The van der Waals surface area contributed by atoms with E-state index in [-0.39, 0.29) is 23.3 Å². The Kier molecular flexibility index (Phi) is 4.54. The van der Waals surface area contributed by atoms with Crippen molar-refractivity contribution in [2.45, 2.75) is 58.7 Å². The normalized spacial score (nSPS) is 23.0. The van der Waals surface area contributed by atoms with Crippen LogP contribution in [0.15, 0.2) is 0 Å². The molecule has 0 saturated carbocycles. The summed E-state index contributed by atoms with van der Waals surface area (Å²) in [4.78, 5) is 18.8. The van der Waals surface area contributed by atoms with E-state index in [1.807, 2.05) is 4.90 Å². The highest BCUT2D eigenvalue weighted by Gasteiger charge is 2.38. The van der Waals surface area contributed by atoms with Gasteiger partial charge in [0.25, 0.3) is 0 Å². The molecule has 0 unspecified atom stereocenters. The smallest absolute Gasteiger partial charge is 0.410 e. The lowest BCUT2D eigenvalue weighted by Gasteiger charge is -2.47. The van der Waals surface area contributed by atoms with Gasteiger partial charge in [-0.3, -0.25) is 9.80 Å². The van der Waals surface area contributed by atoms with E-state index in [2.05, 4.69) is 51.3 Å². The molecule has 0 aliphatic carbocycles. The zero-order valence-corrected chi connectivity index (χ0v) is 14.5. The van der Waals surface area contributed by atoms with Gasteiger partial charge in [-0.1, -0.05) is 0 Å². The van der Waals surface area contributed by atoms with E-state index in [0.29, 0.717) is 0 Å². The number of amides is 1. The number of likely N-dealkylation sites (tertiary alicyclic amines) is 1. The molecule has 0 radical (unpaired) electrons. The Hall–Kier alpha value is -0.810. The number of hydrogen-bond acceptors (Lipinski definition) is 4. The average molecular weight is 297 g/mol. The molecule has 0 atom stereocenters. The van der Waals surface area contributed by atoms with Crippen molar-refractivity contribution in [3.8, 4) is 0 Å². The second-order valence-electron chi connectivity index (χ2n) is 8.23. The quantitative estimate of drug-likeness (QED) is 0.742. The molecule has 2 aliphatic rings. The third-order valence-electron chi connectivity index (χ3n) is 4.55. The van der Waals surface area contributed by atoms with Crippen molar-refractivity contribution in [3.63, 3.8) is 0 Å². The molecule has 0 aromatic heterocycles. The molecule has 0 N–H and O–H groups in total.